The largest absolute Gasteiger partial charge is 0.497 e. The average molecular weight is 543 g/mol. The summed E-state index contributed by atoms with van der Waals surface area (Å²) in [7, 11) is 3.18. The molecule has 1 aliphatic heterocycles. The molecular formula is C28H31ClN2O5S. The first-order chi connectivity index (χ1) is 18.0. The monoisotopic (exact) mass is 542 g/mol. The van der Waals surface area contributed by atoms with Crippen LogP contribution in [0.25, 0.3) is 0 Å². The molecule has 2 amide bonds. The summed E-state index contributed by atoms with van der Waals surface area (Å²) in [5.74, 6) is 0.948. The Morgan fingerprint density at radius 1 is 1.11 bits per heavy atom. The second-order valence-electron chi connectivity index (χ2n) is 8.72. The number of carbonyl (C=O) groups excluding carboxylic acids is 2. The van der Waals surface area contributed by atoms with E-state index < -0.39 is 0 Å². The first-order valence-electron chi connectivity index (χ1n) is 12.2. The van der Waals surface area contributed by atoms with Crippen molar-refractivity contribution < 1.29 is 23.8 Å². The van der Waals surface area contributed by atoms with Crippen molar-refractivity contribution in [2.45, 2.75) is 18.9 Å². The molecule has 0 saturated heterocycles. The molecule has 3 aromatic rings. The molecule has 2 heterocycles. The number of rotatable bonds is 11. The smallest absolute Gasteiger partial charge is 0.254 e. The minimum absolute atomic E-state index is 0.0311. The Morgan fingerprint density at radius 2 is 1.92 bits per heavy atom. The van der Waals surface area contributed by atoms with Crippen LogP contribution in [0.4, 0.5) is 0 Å². The molecule has 0 fully saturated rings. The van der Waals surface area contributed by atoms with Crippen molar-refractivity contribution in [3.8, 4) is 11.5 Å². The van der Waals surface area contributed by atoms with Gasteiger partial charge in [-0.2, -0.15) is 0 Å². The summed E-state index contributed by atoms with van der Waals surface area (Å²) in [4.78, 5) is 31.8. The SMILES string of the molecule is COCCCN(CC(=O)N1CCc2sccc2[C@H]1COc1ccc(Cl)cc1)C(=O)c1cccc(OC)c1. The highest BCUT2D eigenvalue weighted by atomic mass is 35.5. The third-order valence-electron chi connectivity index (χ3n) is 6.34. The van der Waals surface area contributed by atoms with Gasteiger partial charge in [-0.05, 0) is 72.3 Å². The molecule has 2 aromatic carbocycles. The Balaban J connectivity index is 1.52. The van der Waals surface area contributed by atoms with Crippen LogP contribution in [0, 0.1) is 0 Å². The van der Waals surface area contributed by atoms with Crippen molar-refractivity contribution in [1.29, 1.82) is 0 Å². The fourth-order valence-electron chi connectivity index (χ4n) is 4.43. The molecule has 0 N–H and O–H groups in total. The Labute approximate surface area is 226 Å². The fourth-order valence-corrected chi connectivity index (χ4v) is 5.48. The van der Waals surface area contributed by atoms with Crippen LogP contribution < -0.4 is 9.47 Å². The van der Waals surface area contributed by atoms with Gasteiger partial charge in [0.2, 0.25) is 5.91 Å². The standard InChI is InChI=1S/C28H31ClN2O5S/c1-34-15-4-13-30(28(33)20-5-3-6-23(17-20)35-2)18-27(32)31-14-11-26-24(12-16-37-26)25(31)19-36-22-9-7-21(29)8-10-22/h3,5-10,12,16-17,25H,4,11,13-15,18-19H2,1-2H3/t25-/m1/s1. The molecule has 0 unspecified atom stereocenters. The molecule has 196 valence electrons. The minimum Gasteiger partial charge on any atom is -0.497 e. The molecule has 1 aliphatic rings. The van der Waals surface area contributed by atoms with E-state index >= 15 is 0 Å². The Bertz CT molecular complexity index is 1200. The van der Waals surface area contributed by atoms with Gasteiger partial charge in [-0.15, -0.1) is 11.3 Å². The summed E-state index contributed by atoms with van der Waals surface area (Å²) in [6.07, 6.45) is 1.40. The van der Waals surface area contributed by atoms with Gasteiger partial charge >= 0.3 is 0 Å². The maximum Gasteiger partial charge on any atom is 0.254 e. The zero-order valence-electron chi connectivity index (χ0n) is 21.0. The average Bonchev–Trinajstić information content (AvgIpc) is 3.41. The molecule has 0 bridgehead atoms. The molecule has 1 aromatic heterocycles. The van der Waals surface area contributed by atoms with Gasteiger partial charge in [0.15, 0.2) is 0 Å². The number of halogens is 1. The third kappa shape index (κ3) is 6.83. The molecule has 0 saturated carbocycles. The number of fused-ring (bicyclic) bond motifs is 1. The van der Waals surface area contributed by atoms with E-state index in [0.717, 1.165) is 12.0 Å². The van der Waals surface area contributed by atoms with Crippen LogP contribution in [-0.4, -0.2) is 68.7 Å². The van der Waals surface area contributed by atoms with E-state index in [2.05, 4.69) is 11.4 Å². The molecule has 4 rings (SSSR count). The van der Waals surface area contributed by atoms with Gasteiger partial charge in [-0.3, -0.25) is 9.59 Å². The highest BCUT2D eigenvalue weighted by Gasteiger charge is 2.33. The molecule has 37 heavy (non-hydrogen) atoms. The van der Waals surface area contributed by atoms with E-state index in [-0.39, 0.29) is 24.4 Å². The Kier molecular flexibility index (Phi) is 9.44. The third-order valence-corrected chi connectivity index (χ3v) is 7.59. The number of amides is 2. The van der Waals surface area contributed by atoms with Crippen LogP contribution in [0.15, 0.2) is 60.0 Å². The Hall–Kier alpha value is -3.07. The molecule has 1 atom stereocenters. The van der Waals surface area contributed by atoms with Gasteiger partial charge in [0.05, 0.1) is 13.2 Å². The maximum absolute atomic E-state index is 13.7. The number of ether oxygens (including phenoxy) is 3. The zero-order valence-corrected chi connectivity index (χ0v) is 22.6. The number of nitrogens with zero attached hydrogens (tertiary/aromatic N) is 2. The van der Waals surface area contributed by atoms with Crippen molar-refractivity contribution in [2.75, 3.05) is 47.1 Å². The predicted molar refractivity (Wildman–Crippen MR) is 145 cm³/mol. The van der Waals surface area contributed by atoms with Gasteiger partial charge in [0.25, 0.3) is 5.91 Å². The molecule has 9 heteroatoms. The predicted octanol–water partition coefficient (Wildman–Crippen LogP) is 5.09. The summed E-state index contributed by atoms with van der Waals surface area (Å²) in [5.41, 5.74) is 1.58. The van der Waals surface area contributed by atoms with Crippen LogP contribution in [0.1, 0.15) is 33.3 Å². The van der Waals surface area contributed by atoms with Crippen molar-refractivity contribution in [1.82, 2.24) is 9.80 Å². The van der Waals surface area contributed by atoms with E-state index in [4.69, 9.17) is 25.8 Å². The number of benzene rings is 2. The summed E-state index contributed by atoms with van der Waals surface area (Å²) < 4.78 is 16.5. The number of methoxy groups -OCH3 is 2. The lowest BCUT2D eigenvalue weighted by atomic mass is 10.0. The van der Waals surface area contributed by atoms with Crippen molar-refractivity contribution in [3.63, 3.8) is 0 Å². The van der Waals surface area contributed by atoms with E-state index in [1.54, 1.807) is 66.9 Å². The van der Waals surface area contributed by atoms with Crippen molar-refractivity contribution in [3.05, 3.63) is 81.0 Å². The number of hydrogen-bond acceptors (Lipinski definition) is 6. The first kappa shape index (κ1) is 27.0. The van der Waals surface area contributed by atoms with Gasteiger partial charge in [0, 0.05) is 42.3 Å². The van der Waals surface area contributed by atoms with E-state index in [1.807, 2.05) is 17.0 Å². The Morgan fingerprint density at radius 3 is 2.68 bits per heavy atom. The van der Waals surface area contributed by atoms with E-state index in [9.17, 15) is 9.59 Å². The second kappa shape index (κ2) is 12.9. The molecular weight excluding hydrogens is 512 g/mol. The number of thiophene rings is 1. The van der Waals surface area contributed by atoms with Gasteiger partial charge in [0.1, 0.15) is 24.7 Å². The number of carbonyl (C=O) groups is 2. The molecule has 0 aliphatic carbocycles. The lowest BCUT2D eigenvalue weighted by Gasteiger charge is -2.37. The lowest BCUT2D eigenvalue weighted by Crippen LogP contribution is -2.48. The zero-order chi connectivity index (χ0) is 26.2. The highest BCUT2D eigenvalue weighted by molar-refractivity contribution is 7.10. The summed E-state index contributed by atoms with van der Waals surface area (Å²) >= 11 is 7.70. The van der Waals surface area contributed by atoms with Gasteiger partial charge in [-0.25, -0.2) is 0 Å². The quantitative estimate of drug-likeness (QED) is 0.316. The molecule has 0 spiro atoms. The van der Waals surface area contributed by atoms with Crippen LogP contribution in [-0.2, 0) is 16.0 Å². The topological polar surface area (TPSA) is 68.3 Å². The summed E-state index contributed by atoms with van der Waals surface area (Å²) in [5, 5.41) is 2.69. The molecule has 7 nitrogen and oxygen atoms in total. The highest BCUT2D eigenvalue weighted by Crippen LogP contribution is 2.34. The van der Waals surface area contributed by atoms with Crippen LogP contribution in [0.5, 0.6) is 11.5 Å². The fraction of sp³-hybridized carbons (Fsp3) is 0.357. The summed E-state index contributed by atoms with van der Waals surface area (Å²) in [6, 6.07) is 16.0. The summed E-state index contributed by atoms with van der Waals surface area (Å²) in [6.45, 7) is 1.75. The van der Waals surface area contributed by atoms with Crippen LogP contribution >= 0.6 is 22.9 Å². The van der Waals surface area contributed by atoms with Gasteiger partial charge in [-0.1, -0.05) is 17.7 Å². The normalized spacial score (nSPS) is 14.7. The van der Waals surface area contributed by atoms with Crippen molar-refractivity contribution >= 4 is 34.8 Å². The lowest BCUT2D eigenvalue weighted by molar-refractivity contribution is -0.135. The van der Waals surface area contributed by atoms with Gasteiger partial charge < -0.3 is 24.0 Å². The van der Waals surface area contributed by atoms with Crippen molar-refractivity contribution in [2.24, 2.45) is 0 Å². The minimum atomic E-state index is -0.245. The van der Waals surface area contributed by atoms with E-state index in [1.165, 1.54) is 4.88 Å². The van der Waals surface area contributed by atoms with Crippen LogP contribution in [0.2, 0.25) is 5.02 Å². The molecule has 0 radical (unpaired) electrons. The second-order valence-corrected chi connectivity index (χ2v) is 10.2. The number of hydrogen-bond donors (Lipinski definition) is 0. The van der Waals surface area contributed by atoms with Crippen LogP contribution in [0.3, 0.4) is 0 Å². The first-order valence-corrected chi connectivity index (χ1v) is 13.4. The van der Waals surface area contributed by atoms with E-state index in [0.29, 0.717) is 54.8 Å². The maximum atomic E-state index is 13.7.